The van der Waals surface area contributed by atoms with Gasteiger partial charge in [-0.2, -0.15) is 14.2 Å². The predicted octanol–water partition coefficient (Wildman–Crippen LogP) is 2.61. The van der Waals surface area contributed by atoms with E-state index in [1.54, 1.807) is 17.4 Å². The molecule has 4 rings (SSSR count). The minimum Gasteiger partial charge on any atom is -0.299 e. The van der Waals surface area contributed by atoms with Crippen molar-refractivity contribution in [3.05, 3.63) is 53.9 Å². The second-order valence-electron chi connectivity index (χ2n) is 7.72. The van der Waals surface area contributed by atoms with Gasteiger partial charge in [-0.3, -0.25) is 15.2 Å². The Balaban J connectivity index is 1.47. The monoisotopic (exact) mass is 397 g/mol. The Kier molecular flexibility index (Phi) is 5.53. The molecular formula is C21H24FN5O2. The van der Waals surface area contributed by atoms with E-state index >= 15 is 0 Å². The van der Waals surface area contributed by atoms with Crippen molar-refractivity contribution in [3.8, 4) is 0 Å². The minimum absolute atomic E-state index is 0.0981. The maximum Gasteiger partial charge on any atom is 0.356 e. The van der Waals surface area contributed by atoms with Gasteiger partial charge in [-0.05, 0) is 11.1 Å². The molecule has 3 heterocycles. The first-order valence-corrected chi connectivity index (χ1v) is 9.88. The molecule has 1 aromatic carbocycles. The summed E-state index contributed by atoms with van der Waals surface area (Å²) >= 11 is 0. The van der Waals surface area contributed by atoms with Gasteiger partial charge >= 0.3 is 6.03 Å². The molecule has 0 radical (unpaired) electrons. The van der Waals surface area contributed by atoms with E-state index in [2.05, 4.69) is 15.5 Å². The molecule has 1 aromatic heterocycles. The number of Topliss-reactive ketones (excluding diaryl/α,β-unsaturated/α-hetero) is 1. The lowest BCUT2D eigenvalue weighted by Gasteiger charge is -2.37. The zero-order valence-corrected chi connectivity index (χ0v) is 16.3. The van der Waals surface area contributed by atoms with Crippen LogP contribution in [0.3, 0.4) is 0 Å². The molecule has 1 saturated heterocycles. The third-order valence-corrected chi connectivity index (χ3v) is 5.83. The third-order valence-electron chi connectivity index (χ3n) is 5.83. The van der Waals surface area contributed by atoms with E-state index in [9.17, 15) is 14.0 Å². The zero-order valence-electron chi connectivity index (χ0n) is 16.3. The Labute approximate surface area is 168 Å². The fourth-order valence-corrected chi connectivity index (χ4v) is 4.12. The van der Waals surface area contributed by atoms with Gasteiger partial charge < -0.3 is 0 Å². The number of carbonyl (C=O) groups is 2. The van der Waals surface area contributed by atoms with Crippen LogP contribution in [-0.4, -0.2) is 51.7 Å². The van der Waals surface area contributed by atoms with Gasteiger partial charge in [0.2, 0.25) is 0 Å². The molecule has 0 spiro atoms. The standard InChI is InChI=1S/C21H24FN5O2/c1-14-17-12-23-20(22)10-18(17)26(8-7-19(14)28)25-21(29)27-13-16(11-24-27)9-15-5-3-2-4-6-15/h2-6,11,13-14,17-18H,7-10,12H2,1H3,(H,25,29)/t14-,17+,18-/m0/s1. The summed E-state index contributed by atoms with van der Waals surface area (Å²) in [5.41, 5.74) is 4.88. The first-order valence-electron chi connectivity index (χ1n) is 9.88. The Hall–Kier alpha value is -2.87. The number of hydrogen-bond acceptors (Lipinski definition) is 5. The highest BCUT2D eigenvalue weighted by molar-refractivity contribution is 5.83. The van der Waals surface area contributed by atoms with Crippen molar-refractivity contribution in [1.82, 2.24) is 20.2 Å². The number of nitrogens with zero attached hydrogens (tertiary/aromatic N) is 4. The Morgan fingerprint density at radius 3 is 2.86 bits per heavy atom. The van der Waals surface area contributed by atoms with Crippen LogP contribution in [0.15, 0.2) is 47.7 Å². The summed E-state index contributed by atoms with van der Waals surface area (Å²) < 4.78 is 15.1. The number of nitrogens with one attached hydrogen (secondary N) is 1. The average molecular weight is 397 g/mol. The van der Waals surface area contributed by atoms with Crippen molar-refractivity contribution in [3.63, 3.8) is 0 Å². The first-order chi connectivity index (χ1) is 14.0. The highest BCUT2D eigenvalue weighted by Gasteiger charge is 2.41. The van der Waals surface area contributed by atoms with E-state index in [-0.39, 0.29) is 36.6 Å². The topological polar surface area (TPSA) is 79.6 Å². The molecule has 2 aliphatic rings. The van der Waals surface area contributed by atoms with Crippen molar-refractivity contribution in [2.24, 2.45) is 16.8 Å². The number of amides is 1. The van der Waals surface area contributed by atoms with Crippen molar-refractivity contribution in [2.45, 2.75) is 32.2 Å². The summed E-state index contributed by atoms with van der Waals surface area (Å²) in [7, 11) is 0. The molecule has 0 bridgehead atoms. The van der Waals surface area contributed by atoms with E-state index in [1.165, 1.54) is 4.68 Å². The maximum atomic E-state index is 13.9. The molecule has 3 atom stereocenters. The summed E-state index contributed by atoms with van der Waals surface area (Å²) in [5.74, 6) is -0.633. The van der Waals surface area contributed by atoms with Gasteiger partial charge in [0.15, 0.2) is 5.97 Å². The van der Waals surface area contributed by atoms with Crippen LogP contribution in [-0.2, 0) is 11.2 Å². The maximum absolute atomic E-state index is 13.9. The van der Waals surface area contributed by atoms with Gasteiger partial charge in [0.1, 0.15) is 5.78 Å². The van der Waals surface area contributed by atoms with Crippen LogP contribution >= 0.6 is 0 Å². The van der Waals surface area contributed by atoms with Gasteiger partial charge in [-0.15, -0.1) is 0 Å². The van der Waals surface area contributed by atoms with Gasteiger partial charge in [0, 0.05) is 56.4 Å². The Morgan fingerprint density at radius 1 is 1.28 bits per heavy atom. The third kappa shape index (κ3) is 4.27. The molecule has 2 aromatic rings. The van der Waals surface area contributed by atoms with Crippen LogP contribution in [0.1, 0.15) is 30.9 Å². The predicted molar refractivity (Wildman–Crippen MR) is 106 cm³/mol. The van der Waals surface area contributed by atoms with E-state index in [0.29, 0.717) is 19.4 Å². The fraction of sp³-hybridized carbons (Fsp3) is 0.429. The lowest BCUT2D eigenvalue weighted by atomic mass is 9.82. The van der Waals surface area contributed by atoms with Crippen LogP contribution in [0.25, 0.3) is 0 Å². The van der Waals surface area contributed by atoms with Crippen LogP contribution in [0.5, 0.6) is 0 Å². The van der Waals surface area contributed by atoms with Gasteiger partial charge in [0.25, 0.3) is 0 Å². The lowest BCUT2D eigenvalue weighted by molar-refractivity contribution is -0.123. The Morgan fingerprint density at radius 2 is 2.07 bits per heavy atom. The zero-order chi connectivity index (χ0) is 20.4. The number of benzene rings is 1. The van der Waals surface area contributed by atoms with Crippen LogP contribution in [0, 0.1) is 11.8 Å². The smallest absolute Gasteiger partial charge is 0.299 e. The van der Waals surface area contributed by atoms with E-state index < -0.39 is 12.0 Å². The summed E-state index contributed by atoms with van der Waals surface area (Å²) in [6, 6.07) is 9.22. The molecule has 7 nitrogen and oxygen atoms in total. The highest BCUT2D eigenvalue weighted by atomic mass is 19.1. The van der Waals surface area contributed by atoms with Crippen molar-refractivity contribution < 1.29 is 14.0 Å². The number of fused-ring (bicyclic) bond motifs is 1. The molecule has 8 heteroatoms. The number of rotatable bonds is 3. The normalized spacial score (nSPS) is 25.1. The molecule has 1 N–H and O–H groups in total. The average Bonchev–Trinajstić information content (AvgIpc) is 3.15. The fourth-order valence-electron chi connectivity index (χ4n) is 4.12. The molecule has 0 saturated carbocycles. The summed E-state index contributed by atoms with van der Waals surface area (Å²) in [4.78, 5) is 29.0. The van der Waals surface area contributed by atoms with E-state index in [0.717, 1.165) is 11.1 Å². The second-order valence-corrected chi connectivity index (χ2v) is 7.72. The second kappa shape index (κ2) is 8.24. The van der Waals surface area contributed by atoms with Gasteiger partial charge in [-0.1, -0.05) is 37.3 Å². The molecule has 0 aliphatic carbocycles. The quantitative estimate of drug-likeness (QED) is 0.864. The van der Waals surface area contributed by atoms with E-state index in [4.69, 9.17) is 0 Å². The van der Waals surface area contributed by atoms with Crippen LogP contribution in [0.2, 0.25) is 0 Å². The number of carbonyl (C=O) groups excluding carboxylic acids is 2. The minimum atomic E-state index is -0.434. The molecular weight excluding hydrogens is 373 g/mol. The molecule has 2 aliphatic heterocycles. The van der Waals surface area contributed by atoms with Gasteiger partial charge in [-0.25, -0.2) is 9.80 Å². The van der Waals surface area contributed by atoms with Crippen molar-refractivity contribution in [2.75, 3.05) is 13.1 Å². The number of aromatic nitrogens is 2. The van der Waals surface area contributed by atoms with Crippen molar-refractivity contribution in [1.29, 1.82) is 0 Å². The Bertz CT molecular complexity index is 926. The number of ketones is 1. The van der Waals surface area contributed by atoms with Crippen LogP contribution < -0.4 is 5.43 Å². The molecule has 0 unspecified atom stereocenters. The number of aliphatic imine (C=N–C) groups is 1. The molecule has 29 heavy (non-hydrogen) atoms. The number of halogens is 1. The molecule has 1 amide bonds. The summed E-state index contributed by atoms with van der Waals surface area (Å²) in [6.45, 7) is 2.48. The SMILES string of the molecule is C[C@@H]1C(=O)CCN(NC(=O)n2cc(Cc3ccccc3)cn2)[C@H]2CC(F)=NC[C@H]12. The lowest BCUT2D eigenvalue weighted by Crippen LogP contribution is -2.54. The number of hydrazine groups is 1. The summed E-state index contributed by atoms with van der Waals surface area (Å²) in [6.07, 6.45) is 4.44. The largest absolute Gasteiger partial charge is 0.356 e. The highest BCUT2D eigenvalue weighted by Crippen LogP contribution is 2.31. The number of hydrogen-bond donors (Lipinski definition) is 1. The van der Waals surface area contributed by atoms with E-state index in [1.807, 2.05) is 37.3 Å². The van der Waals surface area contributed by atoms with Crippen LogP contribution in [0.4, 0.5) is 9.18 Å². The van der Waals surface area contributed by atoms with Gasteiger partial charge in [0.05, 0.1) is 6.20 Å². The summed E-state index contributed by atoms with van der Waals surface area (Å²) in [5, 5.41) is 5.86. The molecule has 1 fully saturated rings. The molecule has 152 valence electrons. The van der Waals surface area contributed by atoms with Crippen molar-refractivity contribution >= 4 is 17.8 Å². The first kappa shape index (κ1) is 19.4.